The standard InChI is InChI=1S/C28H41N5O6/c1-19(28(38)39)17-21(30)18-20-9-11-22(12-10-20)31-27(37)23(7-4-5-15-29)32-24(34)8-3-2-6-16-33-25(35)13-14-26(33)36/h9-14,19,21,23H,2-8,15-18,29-30H2,1H3,(H,31,37)(H,32,34)(H,38,39)/t19?,21-,23+/m1/s1. The van der Waals surface area contributed by atoms with Crippen LogP contribution in [0, 0.1) is 5.92 Å². The number of imide groups is 1. The number of nitrogens with one attached hydrogen (secondary N) is 2. The minimum absolute atomic E-state index is 0.232. The lowest BCUT2D eigenvalue weighted by Gasteiger charge is -2.19. The van der Waals surface area contributed by atoms with Gasteiger partial charge in [-0.1, -0.05) is 25.5 Å². The summed E-state index contributed by atoms with van der Waals surface area (Å²) in [5.41, 5.74) is 13.2. The first-order valence-electron chi connectivity index (χ1n) is 13.5. The number of unbranched alkanes of at least 4 members (excludes halogenated alkanes) is 3. The van der Waals surface area contributed by atoms with Crippen LogP contribution in [-0.2, 0) is 30.4 Å². The van der Waals surface area contributed by atoms with Gasteiger partial charge in [0, 0.05) is 36.8 Å². The van der Waals surface area contributed by atoms with Crippen LogP contribution in [0.1, 0.15) is 63.9 Å². The van der Waals surface area contributed by atoms with Crippen molar-refractivity contribution in [2.75, 3.05) is 18.4 Å². The topological polar surface area (TPSA) is 185 Å². The third-order valence-electron chi connectivity index (χ3n) is 6.58. The number of amides is 4. The van der Waals surface area contributed by atoms with Crippen LogP contribution >= 0.6 is 0 Å². The average Bonchev–Trinajstić information content (AvgIpc) is 3.21. The van der Waals surface area contributed by atoms with Crippen LogP contribution in [0.5, 0.6) is 0 Å². The van der Waals surface area contributed by atoms with Crippen LogP contribution in [0.3, 0.4) is 0 Å². The molecular formula is C28H41N5O6. The molecule has 0 radical (unpaired) electrons. The van der Waals surface area contributed by atoms with E-state index < -0.39 is 17.9 Å². The van der Waals surface area contributed by atoms with Crippen LogP contribution < -0.4 is 22.1 Å². The molecule has 0 fully saturated rings. The molecule has 214 valence electrons. The van der Waals surface area contributed by atoms with Gasteiger partial charge in [0.15, 0.2) is 0 Å². The molecule has 0 saturated carbocycles. The Bertz CT molecular complexity index is 1010. The van der Waals surface area contributed by atoms with E-state index in [-0.39, 0.29) is 36.1 Å². The van der Waals surface area contributed by atoms with Crippen molar-refractivity contribution in [2.24, 2.45) is 17.4 Å². The Hall–Kier alpha value is -3.57. The Morgan fingerprint density at radius 3 is 2.26 bits per heavy atom. The van der Waals surface area contributed by atoms with Crippen molar-refractivity contribution >= 4 is 35.3 Å². The summed E-state index contributed by atoms with van der Waals surface area (Å²) in [5, 5.41) is 14.7. The highest BCUT2D eigenvalue weighted by molar-refractivity contribution is 6.12. The molecule has 3 atom stereocenters. The Labute approximate surface area is 229 Å². The Kier molecular flexibility index (Phi) is 13.3. The summed E-state index contributed by atoms with van der Waals surface area (Å²) in [4.78, 5) is 60.9. The van der Waals surface area contributed by atoms with Gasteiger partial charge < -0.3 is 27.2 Å². The first kappa shape index (κ1) is 31.6. The lowest BCUT2D eigenvalue weighted by Crippen LogP contribution is -2.43. The van der Waals surface area contributed by atoms with E-state index in [1.165, 1.54) is 17.1 Å². The first-order chi connectivity index (χ1) is 18.6. The molecule has 4 amide bonds. The summed E-state index contributed by atoms with van der Waals surface area (Å²) in [6.45, 7) is 2.45. The molecule has 1 aliphatic rings. The van der Waals surface area contributed by atoms with Crippen LogP contribution in [0.15, 0.2) is 36.4 Å². The number of nitrogens with two attached hydrogens (primary N) is 2. The molecule has 0 aromatic heterocycles. The van der Waals surface area contributed by atoms with Crippen molar-refractivity contribution < 1.29 is 29.1 Å². The Morgan fingerprint density at radius 1 is 0.974 bits per heavy atom. The van der Waals surface area contributed by atoms with E-state index in [2.05, 4.69) is 10.6 Å². The zero-order chi connectivity index (χ0) is 28.8. The van der Waals surface area contributed by atoms with E-state index in [0.717, 1.165) is 12.0 Å². The van der Waals surface area contributed by atoms with Gasteiger partial charge >= 0.3 is 5.97 Å². The van der Waals surface area contributed by atoms with Crippen LogP contribution in [-0.4, -0.2) is 64.8 Å². The smallest absolute Gasteiger partial charge is 0.306 e. The number of hydrogen-bond acceptors (Lipinski definition) is 7. The van der Waals surface area contributed by atoms with Gasteiger partial charge in [-0.05, 0) is 69.2 Å². The summed E-state index contributed by atoms with van der Waals surface area (Å²) < 4.78 is 0. The van der Waals surface area contributed by atoms with Crippen molar-refractivity contribution in [3.8, 4) is 0 Å². The van der Waals surface area contributed by atoms with Crippen molar-refractivity contribution in [2.45, 2.75) is 76.8 Å². The van der Waals surface area contributed by atoms with Gasteiger partial charge in [-0.3, -0.25) is 28.9 Å². The van der Waals surface area contributed by atoms with Gasteiger partial charge in [0.25, 0.3) is 11.8 Å². The number of carboxylic acids is 1. The summed E-state index contributed by atoms with van der Waals surface area (Å²) in [6.07, 6.45) is 7.34. The second-order valence-electron chi connectivity index (χ2n) is 10.0. The lowest BCUT2D eigenvalue weighted by atomic mass is 9.97. The van der Waals surface area contributed by atoms with E-state index in [4.69, 9.17) is 16.6 Å². The van der Waals surface area contributed by atoms with Gasteiger partial charge in [0.05, 0.1) is 5.92 Å². The second-order valence-corrected chi connectivity index (χ2v) is 10.0. The van der Waals surface area contributed by atoms with E-state index in [9.17, 15) is 24.0 Å². The predicted octanol–water partition coefficient (Wildman–Crippen LogP) is 1.70. The fourth-order valence-electron chi connectivity index (χ4n) is 4.31. The SMILES string of the molecule is CC(C[C@@H](N)Cc1ccc(NC(=O)[C@H](CCCCN)NC(=O)CCCCCN2C(=O)C=CC2=O)cc1)C(=O)O. The van der Waals surface area contributed by atoms with Crippen molar-refractivity contribution in [1.82, 2.24) is 10.2 Å². The van der Waals surface area contributed by atoms with E-state index in [1.54, 1.807) is 19.1 Å². The number of hydrogen-bond donors (Lipinski definition) is 5. The van der Waals surface area contributed by atoms with Gasteiger partial charge in [-0.2, -0.15) is 0 Å². The number of nitrogens with zero attached hydrogens (tertiary/aromatic N) is 1. The van der Waals surface area contributed by atoms with Gasteiger partial charge in [-0.25, -0.2) is 0 Å². The molecule has 39 heavy (non-hydrogen) atoms. The van der Waals surface area contributed by atoms with Gasteiger partial charge in [0.1, 0.15) is 6.04 Å². The molecule has 0 bridgehead atoms. The van der Waals surface area contributed by atoms with Crippen LogP contribution in [0.25, 0.3) is 0 Å². The normalized spacial score (nSPS) is 15.2. The quantitative estimate of drug-likeness (QED) is 0.137. The maximum Gasteiger partial charge on any atom is 0.306 e. The average molecular weight is 544 g/mol. The molecule has 7 N–H and O–H groups in total. The Morgan fingerprint density at radius 2 is 1.64 bits per heavy atom. The molecule has 2 rings (SSSR count). The highest BCUT2D eigenvalue weighted by Gasteiger charge is 2.23. The molecule has 11 nitrogen and oxygen atoms in total. The zero-order valence-corrected chi connectivity index (χ0v) is 22.6. The third-order valence-corrected chi connectivity index (χ3v) is 6.58. The molecule has 1 aromatic rings. The number of carbonyl (C=O) groups is 5. The lowest BCUT2D eigenvalue weighted by molar-refractivity contribution is -0.141. The maximum absolute atomic E-state index is 13.0. The number of rotatable bonds is 18. The minimum Gasteiger partial charge on any atom is -0.481 e. The third kappa shape index (κ3) is 11.4. The zero-order valence-electron chi connectivity index (χ0n) is 22.6. The van der Waals surface area contributed by atoms with E-state index in [1.807, 2.05) is 12.1 Å². The fraction of sp³-hybridized carbons (Fsp3) is 0.536. The molecule has 1 heterocycles. The summed E-state index contributed by atoms with van der Waals surface area (Å²) >= 11 is 0. The second kappa shape index (κ2) is 16.4. The molecule has 1 unspecified atom stereocenters. The monoisotopic (exact) mass is 543 g/mol. The maximum atomic E-state index is 13.0. The summed E-state index contributed by atoms with van der Waals surface area (Å²) in [5.74, 6) is -2.58. The van der Waals surface area contributed by atoms with Crippen molar-refractivity contribution in [1.29, 1.82) is 0 Å². The number of carbonyl (C=O) groups excluding carboxylic acids is 4. The molecule has 1 aromatic carbocycles. The van der Waals surface area contributed by atoms with E-state index >= 15 is 0 Å². The van der Waals surface area contributed by atoms with E-state index in [0.29, 0.717) is 63.7 Å². The van der Waals surface area contributed by atoms with Crippen molar-refractivity contribution in [3.05, 3.63) is 42.0 Å². The predicted molar refractivity (Wildman–Crippen MR) is 147 cm³/mol. The molecular weight excluding hydrogens is 502 g/mol. The number of anilines is 1. The van der Waals surface area contributed by atoms with Crippen LogP contribution in [0.4, 0.5) is 5.69 Å². The molecule has 11 heteroatoms. The Balaban J connectivity index is 1.81. The fourth-order valence-corrected chi connectivity index (χ4v) is 4.31. The molecule has 0 spiro atoms. The number of aliphatic carboxylic acids is 1. The number of benzene rings is 1. The largest absolute Gasteiger partial charge is 0.481 e. The number of carboxylic acid groups (broad SMARTS) is 1. The summed E-state index contributed by atoms with van der Waals surface area (Å²) in [7, 11) is 0. The minimum atomic E-state index is -0.873. The highest BCUT2D eigenvalue weighted by atomic mass is 16.4. The first-order valence-corrected chi connectivity index (χ1v) is 13.5. The molecule has 0 saturated heterocycles. The highest BCUT2D eigenvalue weighted by Crippen LogP contribution is 2.15. The van der Waals surface area contributed by atoms with Crippen molar-refractivity contribution in [3.63, 3.8) is 0 Å². The molecule has 0 aliphatic carbocycles. The van der Waals surface area contributed by atoms with Gasteiger partial charge in [-0.15, -0.1) is 0 Å². The molecule has 1 aliphatic heterocycles. The van der Waals surface area contributed by atoms with Gasteiger partial charge in [0.2, 0.25) is 11.8 Å². The summed E-state index contributed by atoms with van der Waals surface area (Å²) in [6, 6.07) is 6.18. The van der Waals surface area contributed by atoms with Crippen LogP contribution in [0.2, 0.25) is 0 Å².